The highest BCUT2D eigenvalue weighted by Crippen LogP contribution is 2.20. The zero-order chi connectivity index (χ0) is 12.0. The largest absolute Gasteiger partial charge is 0.383 e. The van der Waals surface area contributed by atoms with Crippen molar-refractivity contribution in [2.24, 2.45) is 5.73 Å². The van der Waals surface area contributed by atoms with Gasteiger partial charge < -0.3 is 15.4 Å². The summed E-state index contributed by atoms with van der Waals surface area (Å²) in [5, 5.41) is 0. The lowest BCUT2D eigenvalue weighted by Gasteiger charge is -2.30. The van der Waals surface area contributed by atoms with E-state index < -0.39 is 0 Å². The minimum absolute atomic E-state index is 0.407. The molecular formula is C12H21N3O. The van der Waals surface area contributed by atoms with Gasteiger partial charge in [0.15, 0.2) is 0 Å². The first-order valence-electron chi connectivity index (χ1n) is 5.59. The van der Waals surface area contributed by atoms with Gasteiger partial charge in [-0.1, -0.05) is 0 Å². The van der Waals surface area contributed by atoms with Crippen LogP contribution in [0.15, 0.2) is 18.5 Å². The number of methoxy groups -OCH3 is 1. The summed E-state index contributed by atoms with van der Waals surface area (Å²) in [7, 11) is 1.71. The van der Waals surface area contributed by atoms with Gasteiger partial charge in [-0.15, -0.1) is 0 Å². The molecule has 0 aliphatic carbocycles. The van der Waals surface area contributed by atoms with Crippen molar-refractivity contribution in [3.8, 4) is 0 Å². The van der Waals surface area contributed by atoms with E-state index in [0.29, 0.717) is 19.2 Å². The Balaban J connectivity index is 2.91. The van der Waals surface area contributed by atoms with Crippen LogP contribution >= 0.6 is 0 Å². The lowest BCUT2D eigenvalue weighted by molar-refractivity contribution is 0.203. The Bertz CT molecular complexity index is 315. The molecule has 0 aliphatic heterocycles. The molecule has 16 heavy (non-hydrogen) atoms. The quantitative estimate of drug-likeness (QED) is 0.792. The first-order valence-corrected chi connectivity index (χ1v) is 5.59. The van der Waals surface area contributed by atoms with Gasteiger partial charge in [0.05, 0.1) is 18.5 Å². The fourth-order valence-electron chi connectivity index (χ4n) is 1.69. The van der Waals surface area contributed by atoms with Gasteiger partial charge in [-0.3, -0.25) is 4.98 Å². The molecule has 1 rings (SSSR count). The fraction of sp³-hybridized carbons (Fsp3) is 0.583. The summed E-state index contributed by atoms with van der Waals surface area (Å²) in [6, 6.07) is 2.38. The summed E-state index contributed by atoms with van der Waals surface area (Å²) in [5.74, 6) is 0. The van der Waals surface area contributed by atoms with Crippen LogP contribution in [0.5, 0.6) is 0 Å². The third-order valence-corrected chi connectivity index (χ3v) is 2.58. The zero-order valence-corrected chi connectivity index (χ0v) is 10.3. The van der Waals surface area contributed by atoms with Crippen molar-refractivity contribution in [1.82, 2.24) is 4.98 Å². The van der Waals surface area contributed by atoms with Crippen LogP contribution in [0.3, 0.4) is 0 Å². The number of nitrogens with zero attached hydrogens (tertiary/aromatic N) is 2. The monoisotopic (exact) mass is 223 g/mol. The molecule has 0 aliphatic rings. The molecule has 1 heterocycles. The van der Waals surface area contributed by atoms with Crippen molar-refractivity contribution in [3.05, 3.63) is 24.0 Å². The summed E-state index contributed by atoms with van der Waals surface area (Å²) in [6.45, 7) is 6.41. The second-order valence-corrected chi connectivity index (χ2v) is 3.99. The second kappa shape index (κ2) is 6.45. The van der Waals surface area contributed by atoms with Gasteiger partial charge in [-0.05, 0) is 25.5 Å². The zero-order valence-electron chi connectivity index (χ0n) is 10.3. The maximum Gasteiger partial charge on any atom is 0.0637 e. The molecule has 4 nitrogen and oxygen atoms in total. The number of aromatic nitrogens is 1. The topological polar surface area (TPSA) is 51.4 Å². The normalized spacial score (nSPS) is 10.8. The van der Waals surface area contributed by atoms with Crippen LogP contribution in [-0.4, -0.2) is 31.3 Å². The van der Waals surface area contributed by atoms with Crippen LogP contribution in [0, 0.1) is 0 Å². The van der Waals surface area contributed by atoms with E-state index in [1.807, 2.05) is 12.3 Å². The predicted octanol–water partition coefficient (Wildman–Crippen LogP) is 1.40. The van der Waals surface area contributed by atoms with Crippen LogP contribution in [-0.2, 0) is 11.3 Å². The third-order valence-electron chi connectivity index (χ3n) is 2.58. The summed E-state index contributed by atoms with van der Waals surface area (Å²) < 4.78 is 5.12. The molecule has 1 aromatic heterocycles. The van der Waals surface area contributed by atoms with Gasteiger partial charge in [0, 0.05) is 32.4 Å². The van der Waals surface area contributed by atoms with Crippen LogP contribution < -0.4 is 10.6 Å². The van der Waals surface area contributed by atoms with E-state index in [2.05, 4.69) is 23.7 Å². The van der Waals surface area contributed by atoms with E-state index >= 15 is 0 Å². The molecule has 90 valence electrons. The molecule has 0 radical (unpaired) electrons. The van der Waals surface area contributed by atoms with E-state index in [9.17, 15) is 0 Å². The van der Waals surface area contributed by atoms with Crippen molar-refractivity contribution >= 4 is 5.69 Å². The van der Waals surface area contributed by atoms with Gasteiger partial charge in [0.2, 0.25) is 0 Å². The molecule has 1 aromatic rings. The van der Waals surface area contributed by atoms with Crippen molar-refractivity contribution in [2.45, 2.75) is 26.4 Å². The Morgan fingerprint density at radius 1 is 1.50 bits per heavy atom. The molecular weight excluding hydrogens is 202 g/mol. The number of rotatable bonds is 6. The highest BCUT2D eigenvalue weighted by Gasteiger charge is 2.13. The smallest absolute Gasteiger partial charge is 0.0637 e. The van der Waals surface area contributed by atoms with Crippen LogP contribution in [0.1, 0.15) is 19.4 Å². The predicted molar refractivity (Wildman–Crippen MR) is 66.5 cm³/mol. The van der Waals surface area contributed by atoms with Crippen LogP contribution in [0.2, 0.25) is 0 Å². The summed E-state index contributed by atoms with van der Waals surface area (Å²) in [6.07, 6.45) is 3.65. The van der Waals surface area contributed by atoms with Crippen molar-refractivity contribution < 1.29 is 4.74 Å². The molecule has 0 aromatic carbocycles. The fourth-order valence-corrected chi connectivity index (χ4v) is 1.69. The first kappa shape index (κ1) is 12.9. The third kappa shape index (κ3) is 3.18. The van der Waals surface area contributed by atoms with Gasteiger partial charge in [0.25, 0.3) is 0 Å². The van der Waals surface area contributed by atoms with E-state index in [-0.39, 0.29) is 0 Å². The molecule has 4 heteroatoms. The summed E-state index contributed by atoms with van der Waals surface area (Å²) in [5.41, 5.74) is 7.96. The average molecular weight is 223 g/mol. The van der Waals surface area contributed by atoms with E-state index in [4.69, 9.17) is 10.5 Å². The van der Waals surface area contributed by atoms with Crippen molar-refractivity contribution in [1.29, 1.82) is 0 Å². The first-order chi connectivity index (χ1) is 7.70. The lowest BCUT2D eigenvalue weighted by Crippen LogP contribution is -2.34. The molecule has 0 saturated heterocycles. The molecule has 0 saturated carbocycles. The number of ether oxygens (including phenoxy) is 1. The molecule has 2 N–H and O–H groups in total. The Labute approximate surface area is 97.4 Å². The Morgan fingerprint density at radius 2 is 2.25 bits per heavy atom. The average Bonchev–Trinajstić information content (AvgIpc) is 2.29. The molecule has 0 unspecified atom stereocenters. The Kier molecular flexibility index (Phi) is 5.22. The lowest BCUT2D eigenvalue weighted by atomic mass is 10.2. The van der Waals surface area contributed by atoms with Gasteiger partial charge in [-0.25, -0.2) is 0 Å². The maximum absolute atomic E-state index is 5.73. The molecule has 0 bridgehead atoms. The second-order valence-electron chi connectivity index (χ2n) is 3.99. The van der Waals surface area contributed by atoms with Crippen molar-refractivity contribution in [2.75, 3.05) is 25.2 Å². The number of anilines is 1. The van der Waals surface area contributed by atoms with E-state index in [0.717, 1.165) is 17.8 Å². The standard InChI is InChI=1S/C12H21N3O/c1-10(2)15(6-7-16-3)12-9-14-5-4-11(12)8-13/h4-5,9-10H,6-8,13H2,1-3H3. The number of hydrogen-bond donors (Lipinski definition) is 1. The van der Waals surface area contributed by atoms with Gasteiger partial charge >= 0.3 is 0 Å². The van der Waals surface area contributed by atoms with Gasteiger partial charge in [-0.2, -0.15) is 0 Å². The molecule has 0 fully saturated rings. The SMILES string of the molecule is COCCN(c1cnccc1CN)C(C)C. The minimum atomic E-state index is 0.407. The highest BCUT2D eigenvalue weighted by molar-refractivity contribution is 5.52. The van der Waals surface area contributed by atoms with E-state index in [1.165, 1.54) is 0 Å². The maximum atomic E-state index is 5.73. The van der Waals surface area contributed by atoms with Crippen molar-refractivity contribution in [3.63, 3.8) is 0 Å². The number of nitrogens with two attached hydrogens (primary N) is 1. The summed E-state index contributed by atoms with van der Waals surface area (Å²) >= 11 is 0. The summed E-state index contributed by atoms with van der Waals surface area (Å²) in [4.78, 5) is 6.43. The molecule has 0 amide bonds. The van der Waals surface area contributed by atoms with Crippen LogP contribution in [0.4, 0.5) is 5.69 Å². The molecule has 0 spiro atoms. The Morgan fingerprint density at radius 3 is 2.81 bits per heavy atom. The highest BCUT2D eigenvalue weighted by atomic mass is 16.5. The van der Waals surface area contributed by atoms with Crippen LogP contribution in [0.25, 0.3) is 0 Å². The Hall–Kier alpha value is -1.13. The van der Waals surface area contributed by atoms with E-state index in [1.54, 1.807) is 13.3 Å². The minimum Gasteiger partial charge on any atom is -0.383 e. The van der Waals surface area contributed by atoms with Gasteiger partial charge in [0.1, 0.15) is 0 Å². The molecule has 0 atom stereocenters. The number of pyridine rings is 1. The number of hydrogen-bond acceptors (Lipinski definition) is 4.